The van der Waals surface area contributed by atoms with E-state index in [1.54, 1.807) is 0 Å². The van der Waals surface area contributed by atoms with Crippen LogP contribution in [-0.2, 0) is 4.79 Å². The van der Waals surface area contributed by atoms with Crippen molar-refractivity contribution in [1.29, 1.82) is 0 Å². The van der Waals surface area contributed by atoms with Gasteiger partial charge >= 0.3 is 0 Å². The zero-order valence-corrected chi connectivity index (χ0v) is 14.5. The molecule has 0 bridgehead atoms. The molecule has 2 saturated carbocycles. The van der Waals surface area contributed by atoms with Gasteiger partial charge in [0.2, 0.25) is 5.91 Å². The smallest absolute Gasteiger partial charge is 0.251 e. The van der Waals surface area contributed by atoms with E-state index < -0.39 is 5.79 Å². The van der Waals surface area contributed by atoms with Crippen LogP contribution in [0.15, 0.2) is 18.2 Å². The molecule has 1 spiro atoms. The molecule has 1 amide bonds. The number of carbonyl (C=O) groups is 1. The molecule has 0 saturated heterocycles. The highest BCUT2D eigenvalue weighted by molar-refractivity contribution is 5.92. The molecule has 2 N–H and O–H groups in total. The molecular weight excluding hydrogens is 320 g/mol. The molecule has 1 aliphatic heterocycles. The summed E-state index contributed by atoms with van der Waals surface area (Å²) in [5, 5.41) is 12.1. The number of amides is 1. The monoisotopic (exact) mass is 346 g/mol. The summed E-state index contributed by atoms with van der Waals surface area (Å²) in [6.45, 7) is 0.932. The van der Waals surface area contributed by atoms with E-state index in [1.165, 1.54) is 6.42 Å². The lowest BCUT2D eigenvalue weighted by molar-refractivity contribution is -0.117. The Morgan fingerprint density at radius 2 is 1.96 bits per heavy atom. The normalized spacial score (nSPS) is 20.9. The predicted molar refractivity (Wildman–Crippen MR) is 93.8 cm³/mol. The van der Waals surface area contributed by atoms with Crippen molar-refractivity contribution < 1.29 is 19.4 Å². The topological polar surface area (TPSA) is 71.0 Å². The number of anilines is 1. The van der Waals surface area contributed by atoms with Crippen LogP contribution < -0.4 is 14.8 Å². The molecule has 0 unspecified atom stereocenters. The van der Waals surface area contributed by atoms with Gasteiger partial charge in [-0.15, -0.1) is 0 Å². The molecular formula is C19H26N2O4. The van der Waals surface area contributed by atoms with Gasteiger partial charge in [-0.3, -0.25) is 9.69 Å². The fourth-order valence-electron chi connectivity index (χ4n) is 3.81. The van der Waals surface area contributed by atoms with Crippen LogP contribution in [0.3, 0.4) is 0 Å². The van der Waals surface area contributed by atoms with E-state index in [0.29, 0.717) is 24.9 Å². The third kappa shape index (κ3) is 3.75. The number of hydrogen-bond acceptors (Lipinski definition) is 5. The fourth-order valence-corrected chi connectivity index (χ4v) is 3.81. The van der Waals surface area contributed by atoms with E-state index in [1.807, 2.05) is 23.1 Å². The Balaban J connectivity index is 1.38. The van der Waals surface area contributed by atoms with Crippen LogP contribution in [0.5, 0.6) is 11.5 Å². The Morgan fingerprint density at radius 3 is 2.68 bits per heavy atom. The number of benzene rings is 1. The summed E-state index contributed by atoms with van der Waals surface area (Å²) in [6, 6.07) is 6.03. The van der Waals surface area contributed by atoms with Crippen LogP contribution in [0.2, 0.25) is 0 Å². The number of nitrogens with one attached hydrogen (secondary N) is 1. The molecule has 0 aromatic heterocycles. The number of nitrogens with zero attached hydrogens (tertiary/aromatic N) is 1. The highest BCUT2D eigenvalue weighted by Gasteiger charge is 2.42. The van der Waals surface area contributed by atoms with Gasteiger partial charge in [-0.2, -0.15) is 0 Å². The molecule has 3 aliphatic rings. The maximum Gasteiger partial charge on any atom is 0.251 e. The SMILES string of the molecule is O=C(CN(CCO)C1CC1)Nc1ccc2c(c1)OC1(CCCCC1)O2. The first kappa shape index (κ1) is 16.7. The van der Waals surface area contributed by atoms with Crippen molar-refractivity contribution >= 4 is 11.6 Å². The summed E-state index contributed by atoms with van der Waals surface area (Å²) in [6.07, 6.45) is 7.54. The van der Waals surface area contributed by atoms with Crippen LogP contribution >= 0.6 is 0 Å². The first-order valence-corrected chi connectivity index (χ1v) is 9.34. The van der Waals surface area contributed by atoms with Crippen molar-refractivity contribution in [3.05, 3.63) is 18.2 Å². The molecule has 1 heterocycles. The number of rotatable bonds is 6. The van der Waals surface area contributed by atoms with Crippen molar-refractivity contribution in [2.45, 2.75) is 56.8 Å². The third-order valence-electron chi connectivity index (χ3n) is 5.23. The van der Waals surface area contributed by atoms with E-state index in [-0.39, 0.29) is 12.5 Å². The van der Waals surface area contributed by atoms with Crippen molar-refractivity contribution in [1.82, 2.24) is 4.90 Å². The van der Waals surface area contributed by atoms with Gasteiger partial charge in [0.05, 0.1) is 13.2 Å². The highest BCUT2D eigenvalue weighted by Crippen LogP contribution is 2.46. The fraction of sp³-hybridized carbons (Fsp3) is 0.632. The van der Waals surface area contributed by atoms with Crippen LogP contribution in [0.25, 0.3) is 0 Å². The first-order valence-electron chi connectivity index (χ1n) is 9.34. The van der Waals surface area contributed by atoms with Gasteiger partial charge in [-0.1, -0.05) is 6.42 Å². The molecule has 2 aliphatic carbocycles. The van der Waals surface area contributed by atoms with Crippen LogP contribution in [-0.4, -0.2) is 47.4 Å². The van der Waals surface area contributed by atoms with Gasteiger partial charge in [-0.05, 0) is 37.8 Å². The quantitative estimate of drug-likeness (QED) is 0.828. The van der Waals surface area contributed by atoms with E-state index in [2.05, 4.69) is 5.32 Å². The van der Waals surface area contributed by atoms with Gasteiger partial charge in [0, 0.05) is 37.2 Å². The lowest BCUT2D eigenvalue weighted by atomic mass is 9.94. The number of aliphatic hydroxyl groups excluding tert-OH is 1. The highest BCUT2D eigenvalue weighted by atomic mass is 16.7. The predicted octanol–water partition coefficient (Wildman–Crippen LogP) is 2.51. The summed E-state index contributed by atoms with van der Waals surface area (Å²) in [5.41, 5.74) is 0.722. The van der Waals surface area contributed by atoms with Gasteiger partial charge in [0.1, 0.15) is 0 Å². The minimum Gasteiger partial charge on any atom is -0.448 e. The lowest BCUT2D eigenvalue weighted by Crippen LogP contribution is -2.40. The average Bonchev–Trinajstić information content (AvgIpc) is 3.38. The molecule has 1 aromatic carbocycles. The van der Waals surface area contributed by atoms with Crippen LogP contribution in [0.4, 0.5) is 5.69 Å². The minimum absolute atomic E-state index is 0.0633. The molecule has 1 aromatic rings. The zero-order valence-electron chi connectivity index (χ0n) is 14.5. The zero-order chi connectivity index (χ0) is 17.3. The molecule has 6 nitrogen and oxygen atoms in total. The maximum atomic E-state index is 12.3. The molecule has 25 heavy (non-hydrogen) atoms. The number of fused-ring (bicyclic) bond motifs is 1. The molecule has 4 rings (SSSR count). The summed E-state index contributed by atoms with van der Waals surface area (Å²) >= 11 is 0. The summed E-state index contributed by atoms with van der Waals surface area (Å²) in [7, 11) is 0. The Morgan fingerprint density at radius 1 is 1.20 bits per heavy atom. The van der Waals surface area contributed by atoms with Crippen molar-refractivity contribution in [3.8, 4) is 11.5 Å². The molecule has 0 radical (unpaired) electrons. The van der Waals surface area contributed by atoms with E-state index in [9.17, 15) is 4.79 Å². The Hall–Kier alpha value is -1.79. The second kappa shape index (κ2) is 6.84. The Bertz CT molecular complexity index is 638. The molecule has 0 atom stereocenters. The van der Waals surface area contributed by atoms with E-state index in [0.717, 1.165) is 50.0 Å². The maximum absolute atomic E-state index is 12.3. The summed E-state index contributed by atoms with van der Waals surface area (Å²) in [5.74, 6) is 0.924. The summed E-state index contributed by atoms with van der Waals surface area (Å²) in [4.78, 5) is 14.4. The van der Waals surface area contributed by atoms with Gasteiger partial charge in [-0.25, -0.2) is 0 Å². The summed E-state index contributed by atoms with van der Waals surface area (Å²) < 4.78 is 12.2. The number of aliphatic hydroxyl groups is 1. The third-order valence-corrected chi connectivity index (χ3v) is 5.23. The van der Waals surface area contributed by atoms with E-state index >= 15 is 0 Å². The van der Waals surface area contributed by atoms with Crippen LogP contribution in [0.1, 0.15) is 44.9 Å². The lowest BCUT2D eigenvalue weighted by Gasteiger charge is -2.31. The van der Waals surface area contributed by atoms with Crippen molar-refractivity contribution in [3.63, 3.8) is 0 Å². The number of ether oxygens (including phenoxy) is 2. The first-order chi connectivity index (χ1) is 12.2. The second-order valence-corrected chi connectivity index (χ2v) is 7.31. The van der Waals surface area contributed by atoms with E-state index in [4.69, 9.17) is 14.6 Å². The minimum atomic E-state index is -0.493. The molecule has 136 valence electrons. The number of hydrogen-bond donors (Lipinski definition) is 2. The average molecular weight is 346 g/mol. The van der Waals surface area contributed by atoms with Crippen molar-refractivity contribution in [2.75, 3.05) is 25.0 Å². The molecule has 6 heteroatoms. The van der Waals surface area contributed by atoms with Gasteiger partial charge < -0.3 is 19.9 Å². The standard InChI is InChI=1S/C19H26N2O4/c22-11-10-21(15-5-6-15)13-18(23)20-14-4-7-16-17(12-14)25-19(24-16)8-2-1-3-9-19/h4,7,12,15,22H,1-3,5-6,8-11,13H2,(H,20,23). The largest absolute Gasteiger partial charge is 0.448 e. The number of carbonyl (C=O) groups excluding carboxylic acids is 1. The Kier molecular flexibility index (Phi) is 4.56. The van der Waals surface area contributed by atoms with Crippen LogP contribution in [0, 0.1) is 0 Å². The van der Waals surface area contributed by atoms with Gasteiger partial charge in [0.15, 0.2) is 11.5 Å². The molecule has 2 fully saturated rings. The second-order valence-electron chi connectivity index (χ2n) is 7.31. The van der Waals surface area contributed by atoms with Crippen molar-refractivity contribution in [2.24, 2.45) is 0 Å². The Labute approximate surface area is 148 Å². The van der Waals surface area contributed by atoms with Gasteiger partial charge in [0.25, 0.3) is 5.79 Å².